The Morgan fingerprint density at radius 2 is 1.85 bits per heavy atom. The van der Waals surface area contributed by atoms with E-state index in [1.165, 1.54) is 14.0 Å². The first-order valence-corrected chi connectivity index (χ1v) is 4.09. The van der Waals surface area contributed by atoms with Crippen LogP contribution in [0.1, 0.15) is 20.8 Å². The van der Waals surface area contributed by atoms with Gasteiger partial charge in [-0.3, -0.25) is 4.79 Å². The van der Waals surface area contributed by atoms with Crippen molar-refractivity contribution < 1.29 is 9.90 Å². The molecular formula is C8H19N3O2. The molecule has 0 aliphatic heterocycles. The summed E-state index contributed by atoms with van der Waals surface area (Å²) in [5.41, 5.74) is 5.54. The minimum Gasteiger partial charge on any atom is -0.398 e. The summed E-state index contributed by atoms with van der Waals surface area (Å²) in [7, 11) is 1.49. The van der Waals surface area contributed by atoms with Crippen LogP contribution in [-0.2, 0) is 4.79 Å². The predicted molar refractivity (Wildman–Crippen MR) is 52.3 cm³/mol. The van der Waals surface area contributed by atoms with Gasteiger partial charge in [-0.1, -0.05) is 13.8 Å². The van der Waals surface area contributed by atoms with Crippen molar-refractivity contribution in [2.75, 3.05) is 13.7 Å². The number of hydrogen-bond donors (Lipinski definition) is 3. The van der Waals surface area contributed by atoms with Crippen LogP contribution in [0.5, 0.6) is 0 Å². The van der Waals surface area contributed by atoms with Gasteiger partial charge in [-0.05, 0) is 0 Å². The van der Waals surface area contributed by atoms with E-state index in [-0.39, 0.29) is 23.8 Å². The number of aliphatic hydroxyl groups excluding tert-OH is 1. The van der Waals surface area contributed by atoms with Gasteiger partial charge in [-0.25, -0.2) is 5.84 Å². The molecule has 0 saturated carbocycles. The van der Waals surface area contributed by atoms with Gasteiger partial charge >= 0.3 is 0 Å². The smallest absolute Gasteiger partial charge is 0.179 e. The van der Waals surface area contributed by atoms with Crippen molar-refractivity contribution in [1.29, 1.82) is 0 Å². The van der Waals surface area contributed by atoms with E-state index in [0.717, 1.165) is 5.01 Å². The number of likely N-dealkylation sites (N-methyl/N-ethyl adjacent to an activating group) is 1. The molecule has 13 heavy (non-hydrogen) atoms. The fourth-order valence-electron chi connectivity index (χ4n) is 0.776. The maximum atomic E-state index is 10.8. The summed E-state index contributed by atoms with van der Waals surface area (Å²) in [6, 6.07) is 0. The third-order valence-corrected chi connectivity index (χ3v) is 1.16. The van der Waals surface area contributed by atoms with E-state index in [2.05, 4.69) is 0 Å². The second-order valence-corrected chi connectivity index (χ2v) is 2.20. The van der Waals surface area contributed by atoms with Crippen LogP contribution in [-0.4, -0.2) is 29.6 Å². The summed E-state index contributed by atoms with van der Waals surface area (Å²) in [4.78, 5) is 10.8. The highest BCUT2D eigenvalue weighted by molar-refractivity contribution is 5.93. The zero-order valence-electron chi connectivity index (χ0n) is 8.66. The topological polar surface area (TPSA) is 92.6 Å². The van der Waals surface area contributed by atoms with Gasteiger partial charge in [0.2, 0.25) is 0 Å². The molecule has 0 aromatic carbocycles. The van der Waals surface area contributed by atoms with Gasteiger partial charge < -0.3 is 15.8 Å². The molecule has 0 unspecified atom stereocenters. The zero-order chi connectivity index (χ0) is 11.0. The fourth-order valence-corrected chi connectivity index (χ4v) is 0.776. The lowest BCUT2D eigenvalue weighted by Crippen LogP contribution is -2.32. The van der Waals surface area contributed by atoms with E-state index < -0.39 is 0 Å². The molecule has 0 spiro atoms. The Labute approximate surface area is 79.0 Å². The molecule has 0 aliphatic rings. The van der Waals surface area contributed by atoms with E-state index in [1.807, 2.05) is 13.8 Å². The zero-order valence-corrected chi connectivity index (χ0v) is 8.66. The van der Waals surface area contributed by atoms with Crippen LogP contribution in [0.4, 0.5) is 0 Å². The Hall–Kier alpha value is -1.07. The quantitative estimate of drug-likeness (QED) is 0.318. The first-order chi connectivity index (χ1) is 6.00. The number of carbonyl (C=O) groups excluding carboxylic acids is 1. The number of allylic oxidation sites excluding steroid dienone is 1. The van der Waals surface area contributed by atoms with Crippen molar-refractivity contribution in [3.63, 3.8) is 0 Å². The summed E-state index contributed by atoms with van der Waals surface area (Å²) < 4.78 is 0. The van der Waals surface area contributed by atoms with Crippen molar-refractivity contribution in [3.8, 4) is 0 Å². The molecule has 5 nitrogen and oxygen atoms in total. The summed E-state index contributed by atoms with van der Waals surface area (Å²) in [6.45, 7) is 4.97. The molecule has 0 saturated heterocycles. The lowest BCUT2D eigenvalue weighted by atomic mass is 10.2. The second kappa shape index (κ2) is 7.57. The van der Waals surface area contributed by atoms with E-state index in [1.54, 1.807) is 0 Å². The molecule has 78 valence electrons. The number of hydrogen-bond acceptors (Lipinski definition) is 5. The Bertz CT molecular complexity index is 188. The average molecular weight is 189 g/mol. The summed E-state index contributed by atoms with van der Waals surface area (Å²) in [6.07, 6.45) is 0. The van der Waals surface area contributed by atoms with Crippen molar-refractivity contribution in [1.82, 2.24) is 5.01 Å². The number of rotatable bonds is 3. The van der Waals surface area contributed by atoms with Gasteiger partial charge in [0.1, 0.15) is 5.70 Å². The number of Topliss-reactive ketones (excluding diaryl/α,β-unsaturated/α-hetero) is 1. The molecule has 0 rings (SSSR count). The van der Waals surface area contributed by atoms with Crippen LogP contribution in [0.2, 0.25) is 0 Å². The maximum absolute atomic E-state index is 10.8. The Morgan fingerprint density at radius 3 is 1.92 bits per heavy atom. The van der Waals surface area contributed by atoms with Crippen LogP contribution in [0.15, 0.2) is 11.4 Å². The van der Waals surface area contributed by atoms with E-state index in [0.29, 0.717) is 0 Å². The van der Waals surface area contributed by atoms with E-state index >= 15 is 0 Å². The molecule has 0 bridgehead atoms. The van der Waals surface area contributed by atoms with Crippen LogP contribution >= 0.6 is 0 Å². The van der Waals surface area contributed by atoms with Crippen LogP contribution < -0.4 is 11.6 Å². The highest BCUT2D eigenvalue weighted by Crippen LogP contribution is 2.00. The van der Waals surface area contributed by atoms with Gasteiger partial charge in [0.15, 0.2) is 5.78 Å². The van der Waals surface area contributed by atoms with Gasteiger partial charge in [0.05, 0.1) is 12.3 Å². The van der Waals surface area contributed by atoms with Gasteiger partial charge in [0.25, 0.3) is 0 Å². The number of nitrogens with two attached hydrogens (primary N) is 2. The number of ketones is 1. The molecule has 0 heterocycles. The highest BCUT2D eigenvalue weighted by Gasteiger charge is 2.10. The van der Waals surface area contributed by atoms with E-state index in [9.17, 15) is 4.79 Å². The molecule has 0 atom stereocenters. The SMILES string of the molecule is CC.CC(=O)/C(=C(/N)CO)N(C)N. The van der Waals surface area contributed by atoms with Crippen LogP contribution in [0.3, 0.4) is 0 Å². The lowest BCUT2D eigenvalue weighted by molar-refractivity contribution is -0.115. The van der Waals surface area contributed by atoms with Crippen molar-refractivity contribution in [3.05, 3.63) is 11.4 Å². The van der Waals surface area contributed by atoms with Crippen LogP contribution in [0.25, 0.3) is 0 Å². The lowest BCUT2D eigenvalue weighted by Gasteiger charge is -2.15. The third-order valence-electron chi connectivity index (χ3n) is 1.16. The normalized spacial score (nSPS) is 10.9. The summed E-state index contributed by atoms with van der Waals surface area (Å²) in [5, 5.41) is 9.68. The number of nitrogens with zero attached hydrogens (tertiary/aromatic N) is 1. The minimum atomic E-state index is -0.365. The van der Waals surface area contributed by atoms with Crippen LogP contribution in [0, 0.1) is 0 Å². The van der Waals surface area contributed by atoms with Gasteiger partial charge in [-0.2, -0.15) is 0 Å². The number of aliphatic hydroxyl groups is 1. The van der Waals surface area contributed by atoms with Gasteiger partial charge in [-0.15, -0.1) is 0 Å². The van der Waals surface area contributed by atoms with Gasteiger partial charge in [0, 0.05) is 14.0 Å². The first kappa shape index (κ1) is 14.5. The molecule has 5 heteroatoms. The van der Waals surface area contributed by atoms with Crippen molar-refractivity contribution in [2.45, 2.75) is 20.8 Å². The van der Waals surface area contributed by atoms with Crippen molar-refractivity contribution >= 4 is 5.78 Å². The Morgan fingerprint density at radius 1 is 1.46 bits per heavy atom. The minimum absolute atomic E-state index is 0.0856. The number of hydrazine groups is 1. The molecule has 0 amide bonds. The largest absolute Gasteiger partial charge is 0.398 e. The predicted octanol–water partition coefficient (Wildman–Crippen LogP) is -0.430. The average Bonchev–Trinajstić information content (AvgIpc) is 2.06. The molecule has 0 aromatic rings. The molecule has 0 aromatic heterocycles. The molecule has 0 aliphatic carbocycles. The Balaban J connectivity index is 0. The molecular weight excluding hydrogens is 170 g/mol. The third kappa shape index (κ3) is 5.21. The summed E-state index contributed by atoms with van der Waals surface area (Å²) in [5.74, 6) is 5.02. The van der Waals surface area contributed by atoms with E-state index in [4.69, 9.17) is 16.7 Å². The van der Waals surface area contributed by atoms with Crippen molar-refractivity contribution in [2.24, 2.45) is 11.6 Å². The Kier molecular flexibility index (Phi) is 8.42. The maximum Gasteiger partial charge on any atom is 0.179 e. The second-order valence-electron chi connectivity index (χ2n) is 2.20. The summed E-state index contributed by atoms with van der Waals surface area (Å²) >= 11 is 0. The molecule has 0 fully saturated rings. The number of carbonyl (C=O) groups is 1. The first-order valence-electron chi connectivity index (χ1n) is 4.09. The molecule has 0 radical (unpaired) electrons. The highest BCUT2D eigenvalue weighted by atomic mass is 16.3. The standard InChI is InChI=1S/C6H13N3O2.C2H6/c1-4(11)6(9(2)8)5(7)3-10;1-2/h10H,3,7-8H2,1-2H3;1-2H3/b6-5-;. The fraction of sp³-hybridized carbons (Fsp3) is 0.625. The monoisotopic (exact) mass is 189 g/mol. The molecule has 5 N–H and O–H groups in total.